The molecule has 2 N–H and O–H groups in total. The van der Waals surface area contributed by atoms with Crippen LogP contribution in [0.15, 0.2) is 11.6 Å². The molecule has 0 fully saturated rings. The summed E-state index contributed by atoms with van der Waals surface area (Å²) >= 11 is 3.15. The Morgan fingerprint density at radius 2 is 2.35 bits per heavy atom. The van der Waals surface area contributed by atoms with E-state index in [1.54, 1.807) is 28.9 Å². The quantitative estimate of drug-likeness (QED) is 0.908. The number of hydrogen-bond acceptors (Lipinski definition) is 6. The van der Waals surface area contributed by atoms with Crippen LogP contribution in [-0.2, 0) is 16.8 Å². The molecule has 1 atom stereocenters. The summed E-state index contributed by atoms with van der Waals surface area (Å²) in [6.45, 7) is 4.10. The highest BCUT2D eigenvalue weighted by Gasteiger charge is 2.33. The van der Waals surface area contributed by atoms with Crippen LogP contribution < -0.4 is 5.32 Å². The van der Waals surface area contributed by atoms with Gasteiger partial charge in [0.2, 0.25) is 0 Å². The summed E-state index contributed by atoms with van der Waals surface area (Å²) in [7, 11) is 0. The number of aliphatic carboxylic acids is 1. The Bertz CT molecular complexity index is 634. The number of rotatable bonds is 4. The van der Waals surface area contributed by atoms with E-state index in [0.29, 0.717) is 6.42 Å². The van der Waals surface area contributed by atoms with Crippen molar-refractivity contribution in [1.29, 1.82) is 0 Å². The first-order valence-electron chi connectivity index (χ1n) is 6.38. The molecule has 2 aromatic rings. The molecule has 5 nitrogen and oxygen atoms in total. The topological polar surface area (TPSA) is 75.1 Å². The predicted molar refractivity (Wildman–Crippen MR) is 79.6 cm³/mol. The highest BCUT2D eigenvalue weighted by atomic mass is 32.1. The van der Waals surface area contributed by atoms with Gasteiger partial charge in [-0.2, -0.15) is 0 Å². The van der Waals surface area contributed by atoms with Crippen LogP contribution in [0.2, 0.25) is 0 Å². The molecule has 3 rings (SSSR count). The zero-order chi connectivity index (χ0) is 14.3. The van der Waals surface area contributed by atoms with Crippen molar-refractivity contribution in [2.45, 2.75) is 38.1 Å². The summed E-state index contributed by atoms with van der Waals surface area (Å²) in [4.78, 5) is 21.1. The van der Waals surface area contributed by atoms with Crippen LogP contribution in [-0.4, -0.2) is 21.0 Å². The molecule has 2 heterocycles. The first kappa shape index (κ1) is 13.5. The van der Waals surface area contributed by atoms with E-state index in [2.05, 4.69) is 15.3 Å². The predicted octanol–water partition coefficient (Wildman–Crippen LogP) is 3.06. The molecule has 0 radical (unpaired) electrons. The molecule has 0 spiro atoms. The molecule has 0 saturated carbocycles. The summed E-state index contributed by atoms with van der Waals surface area (Å²) in [6, 6.07) is 0. The number of carbonyl (C=O) groups is 1. The lowest BCUT2D eigenvalue weighted by atomic mass is 10.1. The molecule has 0 bridgehead atoms. The minimum atomic E-state index is -0.778. The normalized spacial score (nSPS) is 18.0. The van der Waals surface area contributed by atoms with Gasteiger partial charge < -0.3 is 10.4 Å². The lowest BCUT2D eigenvalue weighted by Gasteiger charge is -2.23. The molecule has 106 valence electrons. The van der Waals surface area contributed by atoms with Crippen molar-refractivity contribution >= 4 is 33.8 Å². The Balaban J connectivity index is 1.84. The fraction of sp³-hybridized carbons (Fsp3) is 0.462. The second-order valence-corrected chi connectivity index (χ2v) is 7.32. The van der Waals surface area contributed by atoms with Crippen molar-refractivity contribution in [3.05, 3.63) is 27.2 Å². The van der Waals surface area contributed by atoms with Gasteiger partial charge in [-0.05, 0) is 26.7 Å². The van der Waals surface area contributed by atoms with Gasteiger partial charge in [-0.3, -0.25) is 4.79 Å². The average molecular weight is 309 g/mol. The van der Waals surface area contributed by atoms with E-state index in [0.717, 1.165) is 27.1 Å². The van der Waals surface area contributed by atoms with E-state index >= 15 is 0 Å². The van der Waals surface area contributed by atoms with Gasteiger partial charge >= 0.3 is 5.97 Å². The van der Waals surface area contributed by atoms with E-state index < -0.39 is 11.9 Å². The fourth-order valence-electron chi connectivity index (χ4n) is 2.37. The number of hydrogen-bond donors (Lipinski definition) is 2. The Hall–Kier alpha value is -1.47. The van der Waals surface area contributed by atoms with Crippen molar-refractivity contribution in [3.63, 3.8) is 0 Å². The van der Waals surface area contributed by atoms with E-state index in [1.165, 1.54) is 0 Å². The molecule has 0 amide bonds. The fourth-order valence-corrected chi connectivity index (χ4v) is 4.29. The van der Waals surface area contributed by atoms with Crippen molar-refractivity contribution in [3.8, 4) is 0 Å². The third-order valence-electron chi connectivity index (χ3n) is 3.40. The zero-order valence-electron chi connectivity index (χ0n) is 11.2. The number of nitrogens with zero attached hydrogens (tertiary/aromatic N) is 2. The standard InChI is InChI=1S/C13H15N3O2S2/c1-13(2,11-14-5-6-19-11)16-12-15-9-7(10(17)18)3-4-8(9)20-12/h5-7H,3-4H2,1-2H3,(H,15,16)(H,17,18). The van der Waals surface area contributed by atoms with Crippen molar-refractivity contribution in [1.82, 2.24) is 9.97 Å². The first-order chi connectivity index (χ1) is 9.47. The lowest BCUT2D eigenvalue weighted by molar-refractivity contribution is -0.138. The summed E-state index contributed by atoms with van der Waals surface area (Å²) in [5.74, 6) is -1.22. The van der Waals surface area contributed by atoms with Crippen molar-refractivity contribution < 1.29 is 9.90 Å². The van der Waals surface area contributed by atoms with Gasteiger partial charge in [0.15, 0.2) is 5.13 Å². The number of thiazole rings is 2. The van der Waals surface area contributed by atoms with Gasteiger partial charge in [-0.1, -0.05) is 0 Å². The van der Waals surface area contributed by atoms with Gasteiger partial charge in [0.25, 0.3) is 0 Å². The molecule has 7 heteroatoms. The third-order valence-corrected chi connectivity index (χ3v) is 5.55. The van der Waals surface area contributed by atoms with Gasteiger partial charge in [0.05, 0.1) is 11.2 Å². The molecule has 0 aliphatic heterocycles. The van der Waals surface area contributed by atoms with Crippen LogP contribution in [0.5, 0.6) is 0 Å². The van der Waals surface area contributed by atoms with Gasteiger partial charge in [0, 0.05) is 16.5 Å². The summed E-state index contributed by atoms with van der Waals surface area (Å²) in [5, 5.41) is 16.3. The lowest BCUT2D eigenvalue weighted by Crippen LogP contribution is -2.27. The molecule has 1 aliphatic carbocycles. The van der Waals surface area contributed by atoms with Gasteiger partial charge in [-0.15, -0.1) is 22.7 Å². The molecule has 0 saturated heterocycles. The maximum atomic E-state index is 11.2. The van der Waals surface area contributed by atoms with Gasteiger partial charge in [-0.25, -0.2) is 9.97 Å². The van der Waals surface area contributed by atoms with Gasteiger partial charge in [0.1, 0.15) is 10.9 Å². The van der Waals surface area contributed by atoms with E-state index in [9.17, 15) is 9.90 Å². The monoisotopic (exact) mass is 309 g/mol. The zero-order valence-corrected chi connectivity index (χ0v) is 12.8. The Labute approximate surface area is 124 Å². The smallest absolute Gasteiger partial charge is 0.312 e. The summed E-state index contributed by atoms with van der Waals surface area (Å²) in [6.07, 6.45) is 3.26. The van der Waals surface area contributed by atoms with Crippen LogP contribution >= 0.6 is 22.7 Å². The van der Waals surface area contributed by atoms with Crippen LogP contribution in [0.1, 0.15) is 41.8 Å². The minimum absolute atomic E-state index is 0.307. The molecule has 1 unspecified atom stereocenters. The van der Waals surface area contributed by atoms with Crippen molar-refractivity contribution in [2.75, 3.05) is 5.32 Å². The summed E-state index contributed by atoms with van der Waals surface area (Å²) < 4.78 is 0. The number of aryl methyl sites for hydroxylation is 1. The molecular formula is C13H15N3O2S2. The Morgan fingerprint density at radius 1 is 1.55 bits per heavy atom. The Kier molecular flexibility index (Phi) is 3.25. The second kappa shape index (κ2) is 4.82. The van der Waals surface area contributed by atoms with Crippen molar-refractivity contribution in [2.24, 2.45) is 0 Å². The largest absolute Gasteiger partial charge is 0.481 e. The van der Waals surface area contributed by atoms with Crippen LogP contribution in [0.3, 0.4) is 0 Å². The molecule has 2 aromatic heterocycles. The number of anilines is 1. The minimum Gasteiger partial charge on any atom is -0.481 e. The average Bonchev–Trinajstić information content (AvgIpc) is 3.02. The maximum Gasteiger partial charge on any atom is 0.312 e. The number of aromatic nitrogens is 2. The highest BCUT2D eigenvalue weighted by molar-refractivity contribution is 7.15. The molecule has 20 heavy (non-hydrogen) atoms. The first-order valence-corrected chi connectivity index (χ1v) is 8.07. The number of fused-ring (bicyclic) bond motifs is 1. The maximum absolute atomic E-state index is 11.2. The molecular weight excluding hydrogens is 294 g/mol. The van der Waals surface area contributed by atoms with Crippen LogP contribution in [0.25, 0.3) is 0 Å². The molecule has 0 aromatic carbocycles. The Morgan fingerprint density at radius 3 is 3.00 bits per heavy atom. The van der Waals surface area contributed by atoms with E-state index in [-0.39, 0.29) is 5.54 Å². The van der Waals surface area contributed by atoms with Crippen LogP contribution in [0, 0.1) is 0 Å². The second-order valence-electron chi connectivity index (χ2n) is 5.34. The highest BCUT2D eigenvalue weighted by Crippen LogP contribution is 2.40. The number of nitrogens with one attached hydrogen (secondary N) is 1. The SMILES string of the molecule is CC(C)(Nc1nc2c(s1)CCC2C(=O)O)c1nccs1. The van der Waals surface area contributed by atoms with Crippen LogP contribution in [0.4, 0.5) is 5.13 Å². The number of carboxylic acid groups (broad SMARTS) is 1. The summed E-state index contributed by atoms with van der Waals surface area (Å²) in [5.41, 5.74) is 0.429. The molecule has 1 aliphatic rings. The number of carboxylic acids is 1. The van der Waals surface area contributed by atoms with E-state index in [4.69, 9.17) is 0 Å². The third kappa shape index (κ3) is 2.31. The van der Waals surface area contributed by atoms with E-state index in [1.807, 2.05) is 19.2 Å².